The fraction of sp³-hybridized carbons (Fsp3) is 0.389. The summed E-state index contributed by atoms with van der Waals surface area (Å²) in [5.74, 6) is -0.347. The standard InChI is InChI=1S/C18H23N3O3/c1-2-24-18(22)17-15(7-8-20-17)21-11-13-5-3-4-6-14(13)16-12-23-10-9-19-16/h3-8,16,19-21H,2,9-12H2,1H3/t16-/m0/s1. The van der Waals surface area contributed by atoms with Crippen LogP contribution in [0.25, 0.3) is 0 Å². The van der Waals surface area contributed by atoms with Crippen molar-refractivity contribution in [2.75, 3.05) is 31.7 Å². The summed E-state index contributed by atoms with van der Waals surface area (Å²) in [4.78, 5) is 14.9. The third kappa shape index (κ3) is 3.77. The molecule has 0 bridgehead atoms. The summed E-state index contributed by atoms with van der Waals surface area (Å²) in [5, 5.41) is 6.81. The zero-order valence-corrected chi connectivity index (χ0v) is 13.8. The van der Waals surface area contributed by atoms with E-state index in [9.17, 15) is 4.79 Å². The summed E-state index contributed by atoms with van der Waals surface area (Å²) in [6.45, 7) is 5.06. The second-order valence-corrected chi connectivity index (χ2v) is 5.62. The van der Waals surface area contributed by atoms with Crippen molar-refractivity contribution in [1.29, 1.82) is 0 Å². The van der Waals surface area contributed by atoms with Crippen LogP contribution in [-0.2, 0) is 16.0 Å². The van der Waals surface area contributed by atoms with Gasteiger partial charge in [0.15, 0.2) is 0 Å². The van der Waals surface area contributed by atoms with Gasteiger partial charge in [-0.2, -0.15) is 0 Å². The molecule has 1 aliphatic rings. The monoisotopic (exact) mass is 329 g/mol. The molecule has 24 heavy (non-hydrogen) atoms. The lowest BCUT2D eigenvalue weighted by Crippen LogP contribution is -2.35. The molecule has 0 spiro atoms. The number of aromatic nitrogens is 1. The van der Waals surface area contributed by atoms with E-state index >= 15 is 0 Å². The Kier molecular flexibility index (Phi) is 5.51. The van der Waals surface area contributed by atoms with Crippen LogP contribution in [0.3, 0.4) is 0 Å². The van der Waals surface area contributed by atoms with Crippen molar-refractivity contribution in [3.63, 3.8) is 0 Å². The van der Waals surface area contributed by atoms with Crippen LogP contribution in [0.1, 0.15) is 34.6 Å². The number of rotatable bonds is 6. The van der Waals surface area contributed by atoms with Gasteiger partial charge in [0.2, 0.25) is 0 Å². The predicted octanol–water partition coefficient (Wildman–Crippen LogP) is 2.46. The average Bonchev–Trinajstić information content (AvgIpc) is 3.10. The molecule has 0 aliphatic carbocycles. The van der Waals surface area contributed by atoms with E-state index in [1.54, 1.807) is 13.1 Å². The molecule has 1 saturated heterocycles. The third-order valence-electron chi connectivity index (χ3n) is 4.05. The molecular weight excluding hydrogens is 306 g/mol. The van der Waals surface area contributed by atoms with Crippen LogP contribution in [0.15, 0.2) is 36.5 Å². The number of benzene rings is 1. The molecule has 3 N–H and O–H groups in total. The number of morpholine rings is 1. The highest BCUT2D eigenvalue weighted by molar-refractivity contribution is 5.93. The van der Waals surface area contributed by atoms with Gasteiger partial charge < -0.3 is 25.1 Å². The second kappa shape index (κ2) is 7.99. The quantitative estimate of drug-likeness (QED) is 0.710. The summed E-state index contributed by atoms with van der Waals surface area (Å²) < 4.78 is 10.6. The molecule has 3 rings (SSSR count). The number of anilines is 1. The average molecular weight is 329 g/mol. The number of ether oxygens (including phenoxy) is 2. The minimum atomic E-state index is -0.347. The topological polar surface area (TPSA) is 75.4 Å². The van der Waals surface area contributed by atoms with Gasteiger partial charge in [-0.05, 0) is 24.1 Å². The van der Waals surface area contributed by atoms with Crippen LogP contribution in [-0.4, -0.2) is 37.3 Å². The summed E-state index contributed by atoms with van der Waals surface area (Å²) >= 11 is 0. The Bertz CT molecular complexity index is 678. The van der Waals surface area contributed by atoms with E-state index < -0.39 is 0 Å². The Labute approximate surface area is 141 Å². The lowest BCUT2D eigenvalue weighted by molar-refractivity contribution is 0.0521. The minimum absolute atomic E-state index is 0.201. The number of hydrogen-bond donors (Lipinski definition) is 3. The van der Waals surface area contributed by atoms with Gasteiger partial charge in [-0.25, -0.2) is 4.79 Å². The highest BCUT2D eigenvalue weighted by Crippen LogP contribution is 2.22. The van der Waals surface area contributed by atoms with E-state index in [2.05, 4.69) is 27.8 Å². The smallest absolute Gasteiger partial charge is 0.356 e. The summed E-state index contributed by atoms with van der Waals surface area (Å²) in [7, 11) is 0. The number of H-pyrrole nitrogens is 1. The van der Waals surface area contributed by atoms with Crippen molar-refractivity contribution in [2.45, 2.75) is 19.5 Å². The van der Waals surface area contributed by atoms with Gasteiger partial charge >= 0.3 is 5.97 Å². The third-order valence-corrected chi connectivity index (χ3v) is 4.05. The Hall–Kier alpha value is -2.31. The molecule has 0 radical (unpaired) electrons. The van der Waals surface area contributed by atoms with E-state index in [1.165, 1.54) is 11.1 Å². The summed E-state index contributed by atoms with van der Waals surface area (Å²) in [6, 6.07) is 10.3. The highest BCUT2D eigenvalue weighted by Gasteiger charge is 2.18. The predicted molar refractivity (Wildman–Crippen MR) is 92.1 cm³/mol. The molecule has 6 heteroatoms. The molecule has 2 heterocycles. The molecule has 1 aromatic carbocycles. The first kappa shape index (κ1) is 16.5. The Morgan fingerprint density at radius 3 is 3.04 bits per heavy atom. The molecule has 1 atom stereocenters. The van der Waals surface area contributed by atoms with Gasteiger partial charge in [-0.3, -0.25) is 0 Å². The zero-order valence-electron chi connectivity index (χ0n) is 13.8. The first-order chi connectivity index (χ1) is 11.8. The van der Waals surface area contributed by atoms with E-state index in [0.29, 0.717) is 25.5 Å². The van der Waals surface area contributed by atoms with Gasteiger partial charge in [0.1, 0.15) is 5.69 Å². The van der Waals surface area contributed by atoms with Gasteiger partial charge in [0, 0.05) is 19.3 Å². The van der Waals surface area contributed by atoms with E-state index in [1.807, 2.05) is 18.2 Å². The molecule has 1 fully saturated rings. The van der Waals surface area contributed by atoms with E-state index in [-0.39, 0.29) is 12.0 Å². The van der Waals surface area contributed by atoms with Gasteiger partial charge in [0.05, 0.1) is 31.5 Å². The first-order valence-corrected chi connectivity index (χ1v) is 8.27. The maximum Gasteiger partial charge on any atom is 0.356 e. The SMILES string of the molecule is CCOC(=O)c1[nH]ccc1NCc1ccccc1[C@@H]1COCCN1. The molecule has 1 aliphatic heterocycles. The minimum Gasteiger partial charge on any atom is -0.461 e. The largest absolute Gasteiger partial charge is 0.461 e. The van der Waals surface area contributed by atoms with Crippen LogP contribution in [0, 0.1) is 0 Å². The van der Waals surface area contributed by atoms with Gasteiger partial charge in [-0.15, -0.1) is 0 Å². The van der Waals surface area contributed by atoms with Crippen LogP contribution in [0.5, 0.6) is 0 Å². The summed E-state index contributed by atoms with van der Waals surface area (Å²) in [6.07, 6.45) is 1.73. The Balaban J connectivity index is 1.71. The number of aromatic amines is 1. The highest BCUT2D eigenvalue weighted by atomic mass is 16.5. The fourth-order valence-electron chi connectivity index (χ4n) is 2.88. The molecule has 0 saturated carbocycles. The molecule has 6 nitrogen and oxygen atoms in total. The van der Waals surface area contributed by atoms with Crippen molar-refractivity contribution < 1.29 is 14.3 Å². The number of carbonyl (C=O) groups excluding carboxylic acids is 1. The number of nitrogens with one attached hydrogen (secondary N) is 3. The lowest BCUT2D eigenvalue weighted by Gasteiger charge is -2.26. The zero-order chi connectivity index (χ0) is 16.8. The molecule has 1 aromatic heterocycles. The van der Waals surface area contributed by atoms with Crippen molar-refractivity contribution in [1.82, 2.24) is 10.3 Å². The Morgan fingerprint density at radius 1 is 1.38 bits per heavy atom. The van der Waals surface area contributed by atoms with E-state index in [4.69, 9.17) is 9.47 Å². The summed E-state index contributed by atoms with van der Waals surface area (Å²) in [5.41, 5.74) is 3.60. The first-order valence-electron chi connectivity index (χ1n) is 8.27. The maximum absolute atomic E-state index is 11.9. The number of hydrogen-bond acceptors (Lipinski definition) is 5. The van der Waals surface area contributed by atoms with Crippen molar-refractivity contribution >= 4 is 11.7 Å². The molecular formula is C18H23N3O3. The Morgan fingerprint density at radius 2 is 2.25 bits per heavy atom. The van der Waals surface area contributed by atoms with Gasteiger partial charge in [-0.1, -0.05) is 24.3 Å². The van der Waals surface area contributed by atoms with Crippen molar-refractivity contribution in [3.8, 4) is 0 Å². The number of esters is 1. The molecule has 128 valence electrons. The second-order valence-electron chi connectivity index (χ2n) is 5.62. The lowest BCUT2D eigenvalue weighted by atomic mass is 10.00. The van der Waals surface area contributed by atoms with E-state index in [0.717, 1.165) is 18.8 Å². The van der Waals surface area contributed by atoms with Crippen LogP contribution >= 0.6 is 0 Å². The van der Waals surface area contributed by atoms with Crippen LogP contribution < -0.4 is 10.6 Å². The number of carbonyl (C=O) groups is 1. The van der Waals surface area contributed by atoms with Crippen molar-refractivity contribution in [3.05, 3.63) is 53.3 Å². The normalized spacial score (nSPS) is 17.5. The van der Waals surface area contributed by atoms with Crippen molar-refractivity contribution in [2.24, 2.45) is 0 Å². The fourth-order valence-corrected chi connectivity index (χ4v) is 2.88. The van der Waals surface area contributed by atoms with Crippen LogP contribution in [0.2, 0.25) is 0 Å². The molecule has 0 unspecified atom stereocenters. The molecule has 0 amide bonds. The van der Waals surface area contributed by atoms with Crippen LogP contribution in [0.4, 0.5) is 5.69 Å². The van der Waals surface area contributed by atoms with Gasteiger partial charge in [0.25, 0.3) is 0 Å². The molecule has 2 aromatic rings. The maximum atomic E-state index is 11.9.